The van der Waals surface area contributed by atoms with Crippen LogP contribution >= 0.6 is 24.4 Å². The van der Waals surface area contributed by atoms with Crippen molar-refractivity contribution in [2.24, 2.45) is 10.2 Å². The molecule has 0 aliphatic rings. The lowest BCUT2D eigenvalue weighted by Gasteiger charge is -2.20. The third kappa shape index (κ3) is 7.12. The van der Waals surface area contributed by atoms with Crippen LogP contribution in [0.4, 0.5) is 0 Å². The first-order valence-electron chi connectivity index (χ1n) is 9.53. The van der Waals surface area contributed by atoms with E-state index in [0.29, 0.717) is 10.2 Å². The molecule has 1 aromatic rings. The van der Waals surface area contributed by atoms with Crippen LogP contribution < -0.4 is 10.9 Å². The molecule has 0 saturated carbocycles. The Morgan fingerprint density at radius 1 is 0.821 bits per heavy atom. The van der Waals surface area contributed by atoms with E-state index in [2.05, 4.69) is 53.7 Å². The van der Waals surface area contributed by atoms with E-state index in [1.807, 2.05) is 41.8 Å². The predicted octanol–water partition coefficient (Wildman–Crippen LogP) is 2.96. The molecule has 28 heavy (non-hydrogen) atoms. The molecule has 0 aliphatic heterocycles. The van der Waals surface area contributed by atoms with Crippen molar-refractivity contribution in [2.75, 3.05) is 26.2 Å². The number of aromatic nitrogens is 1. The highest BCUT2D eigenvalue weighted by molar-refractivity contribution is 7.80. The number of rotatable bonds is 8. The summed E-state index contributed by atoms with van der Waals surface area (Å²) in [6.45, 7) is 15.4. The van der Waals surface area contributed by atoms with Crippen molar-refractivity contribution in [3.05, 3.63) is 29.6 Å². The number of hydrogen-bond acceptors (Lipinski definition) is 5. The van der Waals surface area contributed by atoms with Gasteiger partial charge in [-0.05, 0) is 78.1 Å². The molecule has 0 aliphatic carbocycles. The van der Waals surface area contributed by atoms with Gasteiger partial charge in [0.25, 0.3) is 0 Å². The molecule has 0 amide bonds. The van der Waals surface area contributed by atoms with E-state index < -0.39 is 0 Å². The number of hydrazone groups is 2. The molecule has 7 nitrogen and oxygen atoms in total. The fraction of sp³-hybridized carbons (Fsp3) is 0.526. The topological polar surface area (TPSA) is 68.2 Å². The Balaban J connectivity index is 2.87. The van der Waals surface area contributed by atoms with Crippen LogP contribution in [0.25, 0.3) is 0 Å². The largest absolute Gasteiger partial charge is 0.348 e. The molecule has 0 saturated heterocycles. The molecule has 0 atom stereocenters. The maximum atomic E-state index is 5.35. The molecule has 154 valence electrons. The second-order valence-corrected chi connectivity index (χ2v) is 6.75. The number of pyridine rings is 1. The molecule has 9 heteroatoms. The number of nitrogens with one attached hydrogen (secondary N) is 2. The summed E-state index contributed by atoms with van der Waals surface area (Å²) in [7, 11) is 0. The first kappa shape index (κ1) is 23.9. The van der Waals surface area contributed by atoms with Gasteiger partial charge >= 0.3 is 0 Å². The van der Waals surface area contributed by atoms with Gasteiger partial charge in [-0.1, -0.05) is 6.07 Å². The number of nitrogens with zero attached hydrogens (tertiary/aromatic N) is 5. The highest BCUT2D eigenvalue weighted by Gasteiger charge is 2.08. The monoisotopic (exact) mass is 421 g/mol. The summed E-state index contributed by atoms with van der Waals surface area (Å²) in [6.07, 6.45) is 0. The molecular formula is C19H31N7S2. The lowest BCUT2D eigenvalue weighted by Crippen LogP contribution is -2.37. The normalized spacial score (nSPS) is 11.8. The molecule has 0 bridgehead atoms. The van der Waals surface area contributed by atoms with Gasteiger partial charge in [-0.3, -0.25) is 10.9 Å². The van der Waals surface area contributed by atoms with Crippen molar-refractivity contribution in [1.29, 1.82) is 0 Å². The van der Waals surface area contributed by atoms with Crippen molar-refractivity contribution >= 4 is 46.1 Å². The fourth-order valence-corrected chi connectivity index (χ4v) is 2.99. The van der Waals surface area contributed by atoms with Gasteiger partial charge in [0, 0.05) is 26.2 Å². The molecule has 0 aromatic carbocycles. The van der Waals surface area contributed by atoms with E-state index in [1.165, 1.54) is 0 Å². The zero-order valence-electron chi connectivity index (χ0n) is 17.6. The third-order valence-electron chi connectivity index (χ3n) is 4.23. The molecule has 0 unspecified atom stereocenters. The fourth-order valence-electron chi connectivity index (χ4n) is 2.38. The summed E-state index contributed by atoms with van der Waals surface area (Å²) in [5.74, 6) is 0. The second-order valence-electron chi connectivity index (χ2n) is 5.98. The minimum absolute atomic E-state index is 0.604. The minimum atomic E-state index is 0.604. The molecule has 0 fully saturated rings. The summed E-state index contributed by atoms with van der Waals surface area (Å²) in [4.78, 5) is 8.69. The van der Waals surface area contributed by atoms with Gasteiger partial charge in [0.15, 0.2) is 10.2 Å². The van der Waals surface area contributed by atoms with Crippen LogP contribution in [-0.2, 0) is 0 Å². The first-order chi connectivity index (χ1) is 13.4. The van der Waals surface area contributed by atoms with Gasteiger partial charge in [-0.25, -0.2) is 4.98 Å². The van der Waals surface area contributed by atoms with E-state index in [-0.39, 0.29) is 0 Å². The Kier molecular flexibility index (Phi) is 10.5. The van der Waals surface area contributed by atoms with Crippen molar-refractivity contribution < 1.29 is 0 Å². The Hall–Kier alpha value is -2.13. The summed E-state index contributed by atoms with van der Waals surface area (Å²) in [5.41, 5.74) is 8.88. The van der Waals surface area contributed by atoms with Gasteiger partial charge in [0.05, 0.1) is 22.8 Å². The SMILES string of the molecule is CCN(CC)C(=S)NN=C(C)c1cccc(C(C)=NNC(=S)N(CC)CC)n1. The van der Waals surface area contributed by atoms with Crippen LogP contribution in [0.15, 0.2) is 28.4 Å². The standard InChI is InChI=1S/C19H31N7S2/c1-7-25(8-2)18(27)23-21-14(5)16-12-11-13-17(20-16)15(6)22-24-19(28)26(9-3)10-4/h11-13H,7-10H2,1-6H3,(H,23,27)(H,24,28). The lowest BCUT2D eigenvalue weighted by atomic mass is 10.2. The maximum absolute atomic E-state index is 5.35. The van der Waals surface area contributed by atoms with Gasteiger partial charge in [0.2, 0.25) is 0 Å². The quantitative estimate of drug-likeness (QED) is 0.380. The highest BCUT2D eigenvalue weighted by Crippen LogP contribution is 2.03. The van der Waals surface area contributed by atoms with Gasteiger partial charge in [-0.2, -0.15) is 10.2 Å². The average Bonchev–Trinajstić information content (AvgIpc) is 2.72. The van der Waals surface area contributed by atoms with Crippen molar-refractivity contribution in [3.8, 4) is 0 Å². The predicted molar refractivity (Wildman–Crippen MR) is 126 cm³/mol. The van der Waals surface area contributed by atoms with Gasteiger partial charge in [0.1, 0.15) is 0 Å². The zero-order chi connectivity index (χ0) is 21.1. The van der Waals surface area contributed by atoms with Gasteiger partial charge in [-0.15, -0.1) is 0 Å². The smallest absolute Gasteiger partial charge is 0.189 e. The Morgan fingerprint density at radius 3 is 1.50 bits per heavy atom. The number of thiocarbonyl (C=S) groups is 2. The zero-order valence-corrected chi connectivity index (χ0v) is 19.2. The molecule has 0 spiro atoms. The number of hydrogen-bond donors (Lipinski definition) is 2. The third-order valence-corrected chi connectivity index (χ3v) is 4.93. The average molecular weight is 422 g/mol. The molecule has 1 aromatic heterocycles. The van der Waals surface area contributed by atoms with Crippen LogP contribution in [0.2, 0.25) is 0 Å². The van der Waals surface area contributed by atoms with Crippen molar-refractivity contribution in [3.63, 3.8) is 0 Å². The second kappa shape index (κ2) is 12.4. The summed E-state index contributed by atoms with van der Waals surface area (Å²) >= 11 is 10.7. The maximum Gasteiger partial charge on any atom is 0.189 e. The summed E-state index contributed by atoms with van der Waals surface area (Å²) in [5, 5.41) is 9.95. The molecule has 1 heterocycles. The Morgan fingerprint density at radius 2 is 1.18 bits per heavy atom. The Labute approximate surface area is 179 Å². The van der Waals surface area contributed by atoms with Crippen LogP contribution in [-0.4, -0.2) is 62.6 Å². The van der Waals surface area contributed by atoms with E-state index in [9.17, 15) is 0 Å². The molecule has 1 rings (SSSR count). The summed E-state index contributed by atoms with van der Waals surface area (Å²) in [6, 6.07) is 5.75. The lowest BCUT2D eigenvalue weighted by molar-refractivity contribution is 0.458. The molecular weight excluding hydrogens is 390 g/mol. The minimum Gasteiger partial charge on any atom is -0.348 e. The van der Waals surface area contributed by atoms with E-state index in [0.717, 1.165) is 49.0 Å². The van der Waals surface area contributed by atoms with Crippen LogP contribution in [0, 0.1) is 0 Å². The van der Waals surface area contributed by atoms with Crippen molar-refractivity contribution in [1.82, 2.24) is 25.6 Å². The summed E-state index contributed by atoms with van der Waals surface area (Å²) < 4.78 is 0. The van der Waals surface area contributed by atoms with Crippen molar-refractivity contribution in [2.45, 2.75) is 41.5 Å². The van der Waals surface area contributed by atoms with Crippen LogP contribution in [0.1, 0.15) is 52.9 Å². The van der Waals surface area contributed by atoms with Gasteiger partial charge < -0.3 is 9.80 Å². The van der Waals surface area contributed by atoms with Crippen LogP contribution in [0.5, 0.6) is 0 Å². The van der Waals surface area contributed by atoms with E-state index >= 15 is 0 Å². The first-order valence-corrected chi connectivity index (χ1v) is 10.4. The highest BCUT2D eigenvalue weighted by atomic mass is 32.1. The van der Waals surface area contributed by atoms with E-state index in [4.69, 9.17) is 24.4 Å². The van der Waals surface area contributed by atoms with E-state index in [1.54, 1.807) is 0 Å². The van der Waals surface area contributed by atoms with Crippen LogP contribution in [0.3, 0.4) is 0 Å². The molecule has 0 radical (unpaired) electrons. The molecule has 2 N–H and O–H groups in total. The Bertz CT molecular complexity index is 665.